The van der Waals surface area contributed by atoms with Crippen LogP contribution in [0.5, 0.6) is 0 Å². The number of hydrogen-bond acceptors (Lipinski definition) is 4. The number of thiophene rings is 1. The van der Waals surface area contributed by atoms with E-state index in [4.69, 9.17) is 0 Å². The summed E-state index contributed by atoms with van der Waals surface area (Å²) in [5.74, 6) is -0.269. The number of likely N-dealkylation sites (tertiary alicyclic amines) is 1. The minimum absolute atomic E-state index is 0.127. The molecule has 1 aromatic heterocycles. The minimum atomic E-state index is -0.142. The van der Waals surface area contributed by atoms with Gasteiger partial charge in [0, 0.05) is 24.5 Å². The summed E-state index contributed by atoms with van der Waals surface area (Å²) in [7, 11) is 0. The van der Waals surface area contributed by atoms with Crippen LogP contribution in [0.25, 0.3) is 5.57 Å². The first-order valence-electron chi connectivity index (χ1n) is 6.63. The normalized spacial score (nSPS) is 20.1. The van der Waals surface area contributed by atoms with Gasteiger partial charge in [0.1, 0.15) is 5.70 Å². The van der Waals surface area contributed by atoms with Crippen molar-refractivity contribution in [1.29, 1.82) is 0 Å². The van der Waals surface area contributed by atoms with Gasteiger partial charge in [0.15, 0.2) is 0 Å². The topological polar surface area (TPSA) is 40.6 Å². The number of likely N-dealkylation sites (N-methyl/N-ethyl adjacent to an activating group) is 1. The average molecular weight is 276 g/mol. The summed E-state index contributed by atoms with van der Waals surface area (Å²) in [5.41, 5.74) is 1.22. The van der Waals surface area contributed by atoms with Crippen LogP contribution >= 0.6 is 11.3 Å². The summed E-state index contributed by atoms with van der Waals surface area (Å²) in [5, 5.41) is 1.94. The highest BCUT2D eigenvalue weighted by molar-refractivity contribution is 7.11. The molecular weight excluding hydrogens is 260 g/mol. The van der Waals surface area contributed by atoms with Crippen LogP contribution in [0.3, 0.4) is 0 Å². The zero-order valence-electron chi connectivity index (χ0n) is 10.9. The lowest BCUT2D eigenvalue weighted by Gasteiger charge is -2.19. The van der Waals surface area contributed by atoms with Crippen molar-refractivity contribution in [1.82, 2.24) is 9.80 Å². The first-order chi connectivity index (χ1) is 9.24. The second-order valence-electron chi connectivity index (χ2n) is 4.75. The van der Waals surface area contributed by atoms with E-state index in [-0.39, 0.29) is 11.8 Å². The molecule has 1 saturated heterocycles. The summed E-state index contributed by atoms with van der Waals surface area (Å²) >= 11 is 1.52. The third-order valence-corrected chi connectivity index (χ3v) is 4.54. The van der Waals surface area contributed by atoms with Crippen molar-refractivity contribution in [2.24, 2.45) is 0 Å². The average Bonchev–Trinajstić information content (AvgIpc) is 3.10. The van der Waals surface area contributed by atoms with E-state index < -0.39 is 0 Å². The molecule has 0 saturated carbocycles. The summed E-state index contributed by atoms with van der Waals surface area (Å²) in [6.07, 6.45) is 2.18. The van der Waals surface area contributed by atoms with Crippen LogP contribution in [0.2, 0.25) is 0 Å². The van der Waals surface area contributed by atoms with E-state index in [0.29, 0.717) is 17.8 Å². The lowest BCUT2D eigenvalue weighted by atomic mass is 10.2. The molecule has 0 atom stereocenters. The number of nitrogens with zero attached hydrogens (tertiary/aromatic N) is 2. The van der Waals surface area contributed by atoms with Gasteiger partial charge in [-0.15, -0.1) is 11.3 Å². The van der Waals surface area contributed by atoms with Crippen molar-refractivity contribution in [3.63, 3.8) is 0 Å². The first-order valence-corrected chi connectivity index (χ1v) is 7.51. The predicted octanol–water partition coefficient (Wildman–Crippen LogP) is 1.94. The molecule has 3 heterocycles. The quantitative estimate of drug-likeness (QED) is 0.792. The van der Waals surface area contributed by atoms with Crippen LogP contribution in [0, 0.1) is 0 Å². The molecule has 3 rings (SSSR count). The fourth-order valence-electron chi connectivity index (χ4n) is 2.73. The highest BCUT2D eigenvalue weighted by Crippen LogP contribution is 2.34. The molecule has 0 spiro atoms. The molecule has 1 fully saturated rings. The van der Waals surface area contributed by atoms with Gasteiger partial charge in [-0.1, -0.05) is 6.07 Å². The molecule has 2 aliphatic rings. The molecule has 0 bridgehead atoms. The minimum Gasteiger partial charge on any atom is -0.366 e. The molecule has 4 nitrogen and oxygen atoms in total. The van der Waals surface area contributed by atoms with Gasteiger partial charge in [0.25, 0.3) is 11.8 Å². The Morgan fingerprint density at radius 2 is 1.95 bits per heavy atom. The second kappa shape index (κ2) is 4.81. The van der Waals surface area contributed by atoms with Crippen molar-refractivity contribution < 1.29 is 9.59 Å². The Morgan fingerprint density at radius 1 is 1.21 bits per heavy atom. The molecule has 0 unspecified atom stereocenters. The van der Waals surface area contributed by atoms with Crippen LogP contribution in [-0.2, 0) is 9.59 Å². The van der Waals surface area contributed by atoms with Gasteiger partial charge in [-0.2, -0.15) is 0 Å². The number of carbonyl (C=O) groups is 2. The maximum absolute atomic E-state index is 12.4. The summed E-state index contributed by atoms with van der Waals surface area (Å²) in [6, 6.07) is 3.83. The molecule has 0 aliphatic carbocycles. The zero-order valence-corrected chi connectivity index (χ0v) is 11.7. The van der Waals surface area contributed by atoms with Gasteiger partial charge in [-0.25, -0.2) is 0 Å². The summed E-state index contributed by atoms with van der Waals surface area (Å²) < 4.78 is 0. The Bertz CT molecular complexity index is 542. The van der Waals surface area contributed by atoms with E-state index >= 15 is 0 Å². The highest BCUT2D eigenvalue weighted by Gasteiger charge is 2.41. The van der Waals surface area contributed by atoms with Crippen LogP contribution in [0.15, 0.2) is 23.2 Å². The maximum Gasteiger partial charge on any atom is 0.277 e. The standard InChI is InChI=1S/C14H16N2O2S/c1-2-16-13(17)11(10-6-5-9-19-10)12(14(16)18)15-7-3-4-8-15/h5-6,9H,2-4,7-8H2,1H3. The van der Waals surface area contributed by atoms with Crippen LogP contribution in [-0.4, -0.2) is 41.2 Å². The van der Waals surface area contributed by atoms with Gasteiger partial charge < -0.3 is 4.90 Å². The van der Waals surface area contributed by atoms with E-state index in [1.54, 1.807) is 0 Å². The fraction of sp³-hybridized carbons (Fsp3) is 0.429. The van der Waals surface area contributed by atoms with Crippen molar-refractivity contribution in [2.75, 3.05) is 19.6 Å². The zero-order chi connectivity index (χ0) is 13.4. The fourth-order valence-corrected chi connectivity index (χ4v) is 3.49. The molecule has 0 radical (unpaired) electrons. The Kier molecular flexibility index (Phi) is 3.14. The monoisotopic (exact) mass is 276 g/mol. The number of amides is 2. The lowest BCUT2D eigenvalue weighted by Crippen LogP contribution is -2.34. The van der Waals surface area contributed by atoms with Crippen molar-refractivity contribution in [3.8, 4) is 0 Å². The highest BCUT2D eigenvalue weighted by atomic mass is 32.1. The van der Waals surface area contributed by atoms with Gasteiger partial charge in [0.05, 0.1) is 5.57 Å². The van der Waals surface area contributed by atoms with E-state index in [1.807, 2.05) is 24.4 Å². The van der Waals surface area contributed by atoms with Gasteiger partial charge >= 0.3 is 0 Å². The molecule has 19 heavy (non-hydrogen) atoms. The number of rotatable bonds is 3. The number of hydrogen-bond donors (Lipinski definition) is 0. The number of carbonyl (C=O) groups excluding carboxylic acids is 2. The second-order valence-corrected chi connectivity index (χ2v) is 5.70. The van der Waals surface area contributed by atoms with E-state index in [2.05, 4.69) is 4.90 Å². The summed E-state index contributed by atoms with van der Waals surface area (Å²) in [4.78, 5) is 29.2. The third-order valence-electron chi connectivity index (χ3n) is 3.65. The Hall–Kier alpha value is -1.62. The molecule has 0 aromatic carbocycles. The molecular formula is C14H16N2O2S. The van der Waals surface area contributed by atoms with E-state index in [1.165, 1.54) is 16.2 Å². The predicted molar refractivity (Wildman–Crippen MR) is 74.4 cm³/mol. The Labute approximate surface area is 116 Å². The van der Waals surface area contributed by atoms with E-state index in [0.717, 1.165) is 30.8 Å². The van der Waals surface area contributed by atoms with Gasteiger partial charge in [0.2, 0.25) is 0 Å². The first kappa shape index (κ1) is 12.4. The van der Waals surface area contributed by atoms with Crippen LogP contribution in [0.4, 0.5) is 0 Å². The summed E-state index contributed by atoms with van der Waals surface area (Å²) in [6.45, 7) is 4.03. The smallest absolute Gasteiger partial charge is 0.277 e. The SMILES string of the molecule is CCN1C(=O)C(c2cccs2)=C(N2CCCC2)C1=O. The molecule has 2 amide bonds. The van der Waals surface area contributed by atoms with Crippen LogP contribution < -0.4 is 0 Å². The van der Waals surface area contributed by atoms with Crippen molar-refractivity contribution in [3.05, 3.63) is 28.1 Å². The molecule has 2 aliphatic heterocycles. The number of imide groups is 1. The lowest BCUT2D eigenvalue weighted by molar-refractivity contribution is -0.137. The van der Waals surface area contributed by atoms with Crippen LogP contribution in [0.1, 0.15) is 24.6 Å². The molecule has 5 heteroatoms. The third kappa shape index (κ3) is 1.89. The maximum atomic E-state index is 12.4. The molecule has 0 N–H and O–H groups in total. The molecule has 100 valence electrons. The van der Waals surface area contributed by atoms with Gasteiger partial charge in [-0.3, -0.25) is 14.5 Å². The largest absolute Gasteiger partial charge is 0.366 e. The van der Waals surface area contributed by atoms with Crippen molar-refractivity contribution >= 4 is 28.7 Å². The Balaban J connectivity index is 2.10. The molecule has 1 aromatic rings. The van der Waals surface area contributed by atoms with E-state index in [9.17, 15) is 9.59 Å². The van der Waals surface area contributed by atoms with Gasteiger partial charge in [-0.05, 0) is 31.2 Å². The van der Waals surface area contributed by atoms with Crippen molar-refractivity contribution in [2.45, 2.75) is 19.8 Å². The Morgan fingerprint density at radius 3 is 2.53 bits per heavy atom.